The Morgan fingerprint density at radius 3 is 2.32 bits per heavy atom. The average Bonchev–Trinajstić information content (AvgIpc) is 2.34. The molecule has 0 saturated carbocycles. The van der Waals surface area contributed by atoms with Gasteiger partial charge in [0.15, 0.2) is 0 Å². The van der Waals surface area contributed by atoms with Gasteiger partial charge in [-0.05, 0) is 45.0 Å². The highest BCUT2D eigenvalue weighted by atomic mass is 35.5. The fourth-order valence-electron chi connectivity index (χ4n) is 2.27. The average molecular weight is 283 g/mol. The molecule has 2 atom stereocenters. The first-order valence-electron chi connectivity index (χ1n) is 7.06. The van der Waals surface area contributed by atoms with E-state index >= 15 is 0 Å². The summed E-state index contributed by atoms with van der Waals surface area (Å²) in [5.74, 6) is 0.713. The molecular formula is C16H27ClN2. The van der Waals surface area contributed by atoms with Crippen molar-refractivity contribution in [1.82, 2.24) is 10.2 Å². The first kappa shape index (κ1) is 16.5. The highest BCUT2D eigenvalue weighted by molar-refractivity contribution is 6.31. The number of hydrogen-bond acceptors (Lipinski definition) is 2. The number of hydrogen-bond donors (Lipinski definition) is 1. The molecule has 1 aromatic rings. The first-order valence-corrected chi connectivity index (χ1v) is 7.43. The number of benzene rings is 1. The Balaban J connectivity index is 2.57. The van der Waals surface area contributed by atoms with E-state index in [1.54, 1.807) is 0 Å². The summed E-state index contributed by atoms with van der Waals surface area (Å²) in [5, 5.41) is 4.44. The molecule has 3 heteroatoms. The van der Waals surface area contributed by atoms with E-state index in [0.717, 1.165) is 11.6 Å². The second-order valence-electron chi connectivity index (χ2n) is 5.90. The Bertz CT molecular complexity index is 377. The molecule has 0 aliphatic rings. The third-order valence-electron chi connectivity index (χ3n) is 3.51. The summed E-state index contributed by atoms with van der Waals surface area (Å²) in [6.45, 7) is 7.70. The number of halogens is 1. The van der Waals surface area contributed by atoms with Crippen molar-refractivity contribution in [2.75, 3.05) is 20.6 Å². The van der Waals surface area contributed by atoms with Crippen LogP contribution in [-0.4, -0.2) is 31.6 Å². The van der Waals surface area contributed by atoms with Crippen molar-refractivity contribution in [2.45, 2.75) is 39.3 Å². The number of nitrogens with zero attached hydrogens (tertiary/aromatic N) is 1. The van der Waals surface area contributed by atoms with Crippen LogP contribution in [0.2, 0.25) is 5.02 Å². The lowest BCUT2D eigenvalue weighted by atomic mass is 10.0. The lowest BCUT2D eigenvalue weighted by Gasteiger charge is -2.28. The molecule has 0 saturated heterocycles. The minimum atomic E-state index is 0.281. The van der Waals surface area contributed by atoms with Crippen LogP contribution in [-0.2, 0) is 0 Å². The van der Waals surface area contributed by atoms with Crippen molar-refractivity contribution in [1.29, 1.82) is 0 Å². The van der Waals surface area contributed by atoms with Crippen LogP contribution in [0.25, 0.3) is 0 Å². The minimum Gasteiger partial charge on any atom is -0.309 e. The zero-order chi connectivity index (χ0) is 14.4. The van der Waals surface area contributed by atoms with Crippen molar-refractivity contribution in [3.63, 3.8) is 0 Å². The summed E-state index contributed by atoms with van der Waals surface area (Å²) < 4.78 is 0. The summed E-state index contributed by atoms with van der Waals surface area (Å²) in [5.41, 5.74) is 1.17. The molecule has 1 rings (SSSR count). The van der Waals surface area contributed by atoms with Crippen LogP contribution >= 0.6 is 11.6 Å². The Morgan fingerprint density at radius 2 is 1.79 bits per heavy atom. The van der Waals surface area contributed by atoms with Gasteiger partial charge < -0.3 is 10.2 Å². The van der Waals surface area contributed by atoms with Gasteiger partial charge in [-0.2, -0.15) is 0 Å². The molecule has 0 radical (unpaired) electrons. The van der Waals surface area contributed by atoms with Crippen molar-refractivity contribution < 1.29 is 0 Å². The van der Waals surface area contributed by atoms with Crippen molar-refractivity contribution in [2.24, 2.45) is 5.92 Å². The van der Waals surface area contributed by atoms with Gasteiger partial charge >= 0.3 is 0 Å². The maximum atomic E-state index is 6.23. The lowest BCUT2D eigenvalue weighted by molar-refractivity contribution is 0.242. The Hall–Kier alpha value is -0.570. The summed E-state index contributed by atoms with van der Waals surface area (Å²) in [7, 11) is 4.30. The molecule has 1 N–H and O–H groups in total. The van der Waals surface area contributed by atoms with Crippen molar-refractivity contribution in [3.05, 3.63) is 34.9 Å². The van der Waals surface area contributed by atoms with E-state index in [1.165, 1.54) is 12.0 Å². The topological polar surface area (TPSA) is 15.3 Å². The zero-order valence-electron chi connectivity index (χ0n) is 12.8. The fourth-order valence-corrected chi connectivity index (χ4v) is 2.57. The predicted molar refractivity (Wildman–Crippen MR) is 84.8 cm³/mol. The molecular weight excluding hydrogens is 256 g/mol. The summed E-state index contributed by atoms with van der Waals surface area (Å²) in [6.07, 6.45) is 1.20. The lowest BCUT2D eigenvalue weighted by Crippen LogP contribution is -2.39. The normalized spacial score (nSPS) is 14.9. The van der Waals surface area contributed by atoms with E-state index < -0.39 is 0 Å². The second-order valence-corrected chi connectivity index (χ2v) is 6.31. The van der Waals surface area contributed by atoms with Crippen LogP contribution < -0.4 is 5.32 Å². The number of nitrogens with one attached hydrogen (secondary N) is 1. The van der Waals surface area contributed by atoms with Crippen LogP contribution in [0, 0.1) is 5.92 Å². The third-order valence-corrected chi connectivity index (χ3v) is 3.85. The van der Waals surface area contributed by atoms with E-state index in [-0.39, 0.29) is 6.04 Å². The highest BCUT2D eigenvalue weighted by Gasteiger charge is 2.15. The molecule has 0 aliphatic carbocycles. The molecule has 2 nitrogen and oxygen atoms in total. The molecule has 108 valence electrons. The molecule has 0 fully saturated rings. The van der Waals surface area contributed by atoms with E-state index in [9.17, 15) is 0 Å². The van der Waals surface area contributed by atoms with Crippen LogP contribution in [0.3, 0.4) is 0 Å². The van der Waals surface area contributed by atoms with Crippen LogP contribution in [0.5, 0.6) is 0 Å². The van der Waals surface area contributed by atoms with E-state index in [0.29, 0.717) is 12.0 Å². The largest absolute Gasteiger partial charge is 0.309 e. The standard InChI is InChI=1S/C16H27ClN2/c1-12(2)10-14(19(4)5)11-18-13(3)15-8-6-7-9-16(15)17/h6-9,12-14,18H,10-11H2,1-5H3. The summed E-state index contributed by atoms with van der Waals surface area (Å²) >= 11 is 6.23. The zero-order valence-corrected chi connectivity index (χ0v) is 13.5. The van der Waals surface area contributed by atoms with Crippen LogP contribution in [0.15, 0.2) is 24.3 Å². The molecule has 0 heterocycles. The smallest absolute Gasteiger partial charge is 0.0453 e. The molecule has 0 aliphatic heterocycles. The van der Waals surface area contributed by atoms with Gasteiger partial charge in [0.25, 0.3) is 0 Å². The van der Waals surface area contributed by atoms with Gasteiger partial charge in [-0.15, -0.1) is 0 Å². The molecule has 1 aromatic carbocycles. The van der Waals surface area contributed by atoms with E-state index in [1.807, 2.05) is 18.2 Å². The number of likely N-dealkylation sites (N-methyl/N-ethyl adjacent to an activating group) is 1. The summed E-state index contributed by atoms with van der Waals surface area (Å²) in [6, 6.07) is 8.89. The fraction of sp³-hybridized carbons (Fsp3) is 0.625. The monoisotopic (exact) mass is 282 g/mol. The van der Waals surface area contributed by atoms with Crippen LogP contribution in [0.1, 0.15) is 38.8 Å². The number of rotatable bonds is 7. The molecule has 2 unspecified atom stereocenters. The maximum Gasteiger partial charge on any atom is 0.0453 e. The van der Waals surface area contributed by atoms with Gasteiger partial charge in [0.1, 0.15) is 0 Å². The van der Waals surface area contributed by atoms with Gasteiger partial charge in [0, 0.05) is 23.7 Å². The molecule has 0 aromatic heterocycles. The maximum absolute atomic E-state index is 6.23. The van der Waals surface area contributed by atoms with Gasteiger partial charge in [-0.1, -0.05) is 43.6 Å². The molecule has 0 amide bonds. The Kier molecular flexibility index (Phi) is 6.84. The van der Waals surface area contributed by atoms with Gasteiger partial charge in [0.05, 0.1) is 0 Å². The SMILES string of the molecule is CC(C)CC(CNC(C)c1ccccc1Cl)N(C)C. The first-order chi connectivity index (χ1) is 8.91. The molecule has 0 spiro atoms. The van der Waals surface area contributed by atoms with Crippen molar-refractivity contribution >= 4 is 11.6 Å². The quantitative estimate of drug-likeness (QED) is 0.814. The minimum absolute atomic E-state index is 0.281. The third kappa shape index (κ3) is 5.52. The van der Waals surface area contributed by atoms with Crippen LogP contribution in [0.4, 0.5) is 0 Å². The van der Waals surface area contributed by atoms with Gasteiger partial charge in [0.2, 0.25) is 0 Å². The molecule has 19 heavy (non-hydrogen) atoms. The Morgan fingerprint density at radius 1 is 1.16 bits per heavy atom. The highest BCUT2D eigenvalue weighted by Crippen LogP contribution is 2.22. The predicted octanol–water partition coefficient (Wildman–Crippen LogP) is 3.97. The Labute approximate surface area is 123 Å². The van der Waals surface area contributed by atoms with E-state index in [2.05, 4.69) is 51.1 Å². The van der Waals surface area contributed by atoms with Gasteiger partial charge in [-0.25, -0.2) is 0 Å². The van der Waals surface area contributed by atoms with Gasteiger partial charge in [-0.3, -0.25) is 0 Å². The van der Waals surface area contributed by atoms with E-state index in [4.69, 9.17) is 11.6 Å². The second kappa shape index (κ2) is 7.88. The van der Waals surface area contributed by atoms with Crippen molar-refractivity contribution in [3.8, 4) is 0 Å². The molecule has 0 bridgehead atoms. The summed E-state index contributed by atoms with van der Waals surface area (Å²) in [4.78, 5) is 2.30.